The molecule has 0 radical (unpaired) electrons. The molecule has 0 spiro atoms. The van der Waals surface area contributed by atoms with E-state index in [0.717, 1.165) is 27.6 Å². The van der Waals surface area contributed by atoms with E-state index in [0.29, 0.717) is 0 Å². The standard InChI is InChI=1S/C16H15BrO/c1-3-12-7-9-13(10-8-12)16(18)14-6-4-5-11(2)15(14)17/h4-10H,3H2,1-2H3. The molecule has 2 rings (SSSR count). The Labute approximate surface area is 116 Å². The third-order valence-corrected chi connectivity index (χ3v) is 4.11. The summed E-state index contributed by atoms with van der Waals surface area (Å²) in [6.45, 7) is 4.09. The summed E-state index contributed by atoms with van der Waals surface area (Å²) in [5.41, 5.74) is 3.78. The summed E-state index contributed by atoms with van der Waals surface area (Å²) in [6.07, 6.45) is 0.989. The first-order chi connectivity index (χ1) is 8.63. The van der Waals surface area contributed by atoms with E-state index < -0.39 is 0 Å². The van der Waals surface area contributed by atoms with Crippen molar-refractivity contribution in [1.29, 1.82) is 0 Å². The normalized spacial score (nSPS) is 10.4. The maximum Gasteiger partial charge on any atom is 0.194 e. The Balaban J connectivity index is 2.38. The third kappa shape index (κ3) is 2.54. The predicted octanol–water partition coefficient (Wildman–Crippen LogP) is 4.55. The topological polar surface area (TPSA) is 17.1 Å². The Bertz CT molecular complexity index is 570. The van der Waals surface area contributed by atoms with Crippen molar-refractivity contribution >= 4 is 21.7 Å². The van der Waals surface area contributed by atoms with Crippen molar-refractivity contribution in [3.05, 3.63) is 69.2 Å². The van der Waals surface area contributed by atoms with Crippen LogP contribution in [0.5, 0.6) is 0 Å². The predicted molar refractivity (Wildman–Crippen MR) is 78.1 cm³/mol. The summed E-state index contributed by atoms with van der Waals surface area (Å²) in [7, 11) is 0. The molecule has 2 aromatic carbocycles. The first kappa shape index (κ1) is 13.0. The van der Waals surface area contributed by atoms with Gasteiger partial charge in [0, 0.05) is 15.6 Å². The average Bonchev–Trinajstić information content (AvgIpc) is 2.41. The molecule has 0 amide bonds. The molecule has 0 bridgehead atoms. The summed E-state index contributed by atoms with van der Waals surface area (Å²) in [5, 5.41) is 0. The first-order valence-electron chi connectivity index (χ1n) is 6.02. The van der Waals surface area contributed by atoms with Gasteiger partial charge in [0.25, 0.3) is 0 Å². The Morgan fingerprint density at radius 2 is 1.78 bits per heavy atom. The fourth-order valence-electron chi connectivity index (χ4n) is 1.87. The molecule has 0 unspecified atom stereocenters. The number of carbonyl (C=O) groups is 1. The van der Waals surface area contributed by atoms with E-state index in [2.05, 4.69) is 22.9 Å². The minimum absolute atomic E-state index is 0.0632. The molecule has 0 aliphatic rings. The van der Waals surface area contributed by atoms with Crippen molar-refractivity contribution in [2.45, 2.75) is 20.3 Å². The number of benzene rings is 2. The molecule has 0 heterocycles. The molecule has 0 fully saturated rings. The van der Waals surface area contributed by atoms with Crippen molar-refractivity contribution in [3.8, 4) is 0 Å². The third-order valence-electron chi connectivity index (χ3n) is 3.06. The van der Waals surface area contributed by atoms with Crippen LogP contribution in [-0.4, -0.2) is 5.78 Å². The molecule has 2 heteroatoms. The summed E-state index contributed by atoms with van der Waals surface area (Å²) >= 11 is 3.49. The molecule has 2 aromatic rings. The molecule has 0 aromatic heterocycles. The van der Waals surface area contributed by atoms with Crippen LogP contribution in [0, 0.1) is 6.92 Å². The lowest BCUT2D eigenvalue weighted by Gasteiger charge is -2.06. The van der Waals surface area contributed by atoms with E-state index in [1.54, 1.807) is 0 Å². The molecule has 0 saturated carbocycles. The largest absolute Gasteiger partial charge is 0.289 e. The van der Waals surface area contributed by atoms with Crippen LogP contribution in [0.15, 0.2) is 46.9 Å². The van der Waals surface area contributed by atoms with Gasteiger partial charge < -0.3 is 0 Å². The molecule has 92 valence electrons. The lowest BCUT2D eigenvalue weighted by Crippen LogP contribution is -2.03. The van der Waals surface area contributed by atoms with Crippen molar-refractivity contribution in [3.63, 3.8) is 0 Å². The number of carbonyl (C=O) groups excluding carboxylic acids is 1. The second kappa shape index (κ2) is 5.49. The van der Waals surface area contributed by atoms with Gasteiger partial charge in [0.05, 0.1) is 0 Å². The van der Waals surface area contributed by atoms with Crippen LogP contribution in [0.4, 0.5) is 0 Å². The highest BCUT2D eigenvalue weighted by molar-refractivity contribution is 9.10. The van der Waals surface area contributed by atoms with Gasteiger partial charge in [-0.3, -0.25) is 4.79 Å². The molecule has 0 aliphatic carbocycles. The van der Waals surface area contributed by atoms with E-state index in [4.69, 9.17) is 0 Å². The van der Waals surface area contributed by atoms with Gasteiger partial charge >= 0.3 is 0 Å². The minimum Gasteiger partial charge on any atom is -0.289 e. The number of aryl methyl sites for hydroxylation is 2. The second-order valence-corrected chi connectivity index (χ2v) is 5.11. The van der Waals surface area contributed by atoms with Crippen LogP contribution in [0.1, 0.15) is 34.0 Å². The SMILES string of the molecule is CCc1ccc(C(=O)c2cccc(C)c2Br)cc1. The molecule has 18 heavy (non-hydrogen) atoms. The maximum atomic E-state index is 12.4. The number of hydrogen-bond acceptors (Lipinski definition) is 1. The van der Waals surface area contributed by atoms with E-state index in [1.165, 1.54) is 5.56 Å². The van der Waals surface area contributed by atoms with E-state index >= 15 is 0 Å². The van der Waals surface area contributed by atoms with Gasteiger partial charge in [-0.15, -0.1) is 0 Å². The Kier molecular flexibility index (Phi) is 3.97. The van der Waals surface area contributed by atoms with E-state index in [-0.39, 0.29) is 5.78 Å². The number of hydrogen-bond donors (Lipinski definition) is 0. The summed E-state index contributed by atoms with van der Waals surface area (Å²) in [4.78, 5) is 12.4. The van der Waals surface area contributed by atoms with Crippen LogP contribution in [-0.2, 0) is 6.42 Å². The van der Waals surface area contributed by atoms with Crippen LogP contribution >= 0.6 is 15.9 Å². The molecule has 0 N–H and O–H groups in total. The van der Waals surface area contributed by atoms with Crippen molar-refractivity contribution in [2.75, 3.05) is 0 Å². The Hall–Kier alpha value is -1.41. The zero-order valence-corrected chi connectivity index (χ0v) is 12.1. The van der Waals surface area contributed by atoms with Crippen LogP contribution < -0.4 is 0 Å². The minimum atomic E-state index is 0.0632. The first-order valence-corrected chi connectivity index (χ1v) is 6.81. The second-order valence-electron chi connectivity index (χ2n) is 4.32. The Morgan fingerprint density at radius 1 is 1.11 bits per heavy atom. The molecule has 1 nitrogen and oxygen atoms in total. The fourth-order valence-corrected chi connectivity index (χ4v) is 2.31. The van der Waals surface area contributed by atoms with Gasteiger partial charge in [-0.2, -0.15) is 0 Å². The highest BCUT2D eigenvalue weighted by atomic mass is 79.9. The van der Waals surface area contributed by atoms with Crippen molar-refractivity contribution in [1.82, 2.24) is 0 Å². The highest BCUT2D eigenvalue weighted by Crippen LogP contribution is 2.23. The average molecular weight is 303 g/mol. The number of ketones is 1. The van der Waals surface area contributed by atoms with Gasteiger partial charge in [-0.05, 0) is 46.5 Å². The van der Waals surface area contributed by atoms with Crippen LogP contribution in [0.3, 0.4) is 0 Å². The fraction of sp³-hybridized carbons (Fsp3) is 0.188. The smallest absolute Gasteiger partial charge is 0.194 e. The monoisotopic (exact) mass is 302 g/mol. The maximum absolute atomic E-state index is 12.4. The molecular formula is C16H15BrO. The van der Waals surface area contributed by atoms with Gasteiger partial charge in [0.1, 0.15) is 0 Å². The zero-order chi connectivity index (χ0) is 13.1. The van der Waals surface area contributed by atoms with Gasteiger partial charge in [-0.1, -0.05) is 43.3 Å². The van der Waals surface area contributed by atoms with E-state index in [1.807, 2.05) is 49.4 Å². The summed E-state index contributed by atoms with van der Waals surface area (Å²) in [5.74, 6) is 0.0632. The van der Waals surface area contributed by atoms with E-state index in [9.17, 15) is 4.79 Å². The lowest BCUT2D eigenvalue weighted by atomic mass is 10.0. The quantitative estimate of drug-likeness (QED) is 0.760. The number of rotatable bonds is 3. The van der Waals surface area contributed by atoms with Crippen molar-refractivity contribution in [2.24, 2.45) is 0 Å². The number of halogens is 1. The molecule has 0 aliphatic heterocycles. The van der Waals surface area contributed by atoms with Gasteiger partial charge in [0.15, 0.2) is 5.78 Å². The summed E-state index contributed by atoms with van der Waals surface area (Å²) in [6, 6.07) is 13.6. The van der Waals surface area contributed by atoms with Gasteiger partial charge in [0.2, 0.25) is 0 Å². The summed E-state index contributed by atoms with van der Waals surface area (Å²) < 4.78 is 0.884. The lowest BCUT2D eigenvalue weighted by molar-refractivity contribution is 0.103. The molecule has 0 atom stereocenters. The van der Waals surface area contributed by atoms with Crippen LogP contribution in [0.25, 0.3) is 0 Å². The molecular weight excluding hydrogens is 288 g/mol. The zero-order valence-electron chi connectivity index (χ0n) is 10.5. The van der Waals surface area contributed by atoms with Gasteiger partial charge in [-0.25, -0.2) is 0 Å². The molecule has 0 saturated heterocycles. The van der Waals surface area contributed by atoms with Crippen molar-refractivity contribution < 1.29 is 4.79 Å². The highest BCUT2D eigenvalue weighted by Gasteiger charge is 2.13. The Morgan fingerprint density at radius 3 is 2.39 bits per heavy atom. The van der Waals surface area contributed by atoms with Crippen LogP contribution in [0.2, 0.25) is 0 Å².